The lowest BCUT2D eigenvalue weighted by Gasteiger charge is -2.22. The molecule has 1 rings (SSSR count). The predicted octanol–water partition coefficient (Wildman–Crippen LogP) is 2.35. The molecular weight excluding hydrogens is 240 g/mol. The van der Waals surface area contributed by atoms with Crippen LogP contribution in [-0.2, 0) is 11.3 Å². The molecule has 0 saturated heterocycles. The molecule has 0 heterocycles. The lowest BCUT2D eigenvalue weighted by molar-refractivity contribution is 0.146. The SMILES string of the molecule is COCC(NCc1ccccc1OCC#N)C(C)C. The van der Waals surface area contributed by atoms with E-state index < -0.39 is 0 Å². The summed E-state index contributed by atoms with van der Waals surface area (Å²) in [6, 6.07) is 10.0. The summed E-state index contributed by atoms with van der Waals surface area (Å²) in [6.07, 6.45) is 0. The molecule has 0 aromatic heterocycles. The van der Waals surface area contributed by atoms with Crippen LogP contribution in [-0.4, -0.2) is 26.4 Å². The molecule has 1 atom stereocenters. The molecule has 0 aliphatic carbocycles. The molecule has 1 aromatic rings. The molecule has 4 heteroatoms. The number of para-hydroxylation sites is 1. The highest BCUT2D eigenvalue weighted by Gasteiger charge is 2.13. The van der Waals surface area contributed by atoms with Gasteiger partial charge in [0.15, 0.2) is 6.61 Å². The van der Waals surface area contributed by atoms with Gasteiger partial charge < -0.3 is 14.8 Å². The summed E-state index contributed by atoms with van der Waals surface area (Å²) in [5.74, 6) is 1.25. The van der Waals surface area contributed by atoms with Crippen LogP contribution in [0.25, 0.3) is 0 Å². The van der Waals surface area contributed by atoms with Crippen LogP contribution in [0, 0.1) is 17.2 Å². The minimum atomic E-state index is 0.0721. The topological polar surface area (TPSA) is 54.3 Å². The van der Waals surface area contributed by atoms with Crippen molar-refractivity contribution >= 4 is 0 Å². The lowest BCUT2D eigenvalue weighted by Crippen LogP contribution is -2.37. The van der Waals surface area contributed by atoms with Gasteiger partial charge in [0.05, 0.1) is 6.61 Å². The molecule has 1 aromatic carbocycles. The lowest BCUT2D eigenvalue weighted by atomic mass is 10.0. The van der Waals surface area contributed by atoms with Crippen LogP contribution < -0.4 is 10.1 Å². The summed E-state index contributed by atoms with van der Waals surface area (Å²) in [5, 5.41) is 12.0. The van der Waals surface area contributed by atoms with E-state index in [0.29, 0.717) is 25.1 Å². The Kier molecular flexibility index (Phi) is 6.94. The predicted molar refractivity (Wildman–Crippen MR) is 74.9 cm³/mol. The summed E-state index contributed by atoms with van der Waals surface area (Å²) in [7, 11) is 1.71. The van der Waals surface area contributed by atoms with Crippen LogP contribution >= 0.6 is 0 Å². The van der Waals surface area contributed by atoms with E-state index in [9.17, 15) is 0 Å². The second-order valence-electron chi connectivity index (χ2n) is 4.74. The minimum absolute atomic E-state index is 0.0721. The van der Waals surface area contributed by atoms with Gasteiger partial charge in [-0.3, -0.25) is 0 Å². The Morgan fingerprint density at radius 1 is 1.32 bits per heavy atom. The normalized spacial score (nSPS) is 12.2. The average Bonchev–Trinajstić information content (AvgIpc) is 2.41. The Morgan fingerprint density at radius 3 is 2.68 bits per heavy atom. The van der Waals surface area contributed by atoms with Crippen molar-refractivity contribution in [2.45, 2.75) is 26.4 Å². The standard InChI is InChI=1S/C15H22N2O2/c1-12(2)14(11-18-3)17-10-13-6-4-5-7-15(13)19-9-8-16/h4-7,12,14,17H,9-11H2,1-3H3. The van der Waals surface area contributed by atoms with Gasteiger partial charge in [-0.2, -0.15) is 5.26 Å². The first-order valence-corrected chi connectivity index (χ1v) is 6.49. The van der Waals surface area contributed by atoms with Crippen LogP contribution in [0.15, 0.2) is 24.3 Å². The molecule has 0 amide bonds. The Hall–Kier alpha value is -1.57. The van der Waals surface area contributed by atoms with Crippen LogP contribution in [0.2, 0.25) is 0 Å². The van der Waals surface area contributed by atoms with E-state index in [1.807, 2.05) is 30.3 Å². The summed E-state index contributed by atoms with van der Waals surface area (Å²) in [6.45, 7) is 5.78. The third-order valence-electron chi connectivity index (χ3n) is 2.97. The Morgan fingerprint density at radius 2 is 2.05 bits per heavy atom. The number of ether oxygens (including phenoxy) is 2. The van der Waals surface area contributed by atoms with Gasteiger partial charge in [-0.25, -0.2) is 0 Å². The molecule has 0 aliphatic heterocycles. The smallest absolute Gasteiger partial charge is 0.174 e. The van der Waals surface area contributed by atoms with Gasteiger partial charge in [0.2, 0.25) is 0 Å². The number of hydrogen-bond acceptors (Lipinski definition) is 4. The fraction of sp³-hybridized carbons (Fsp3) is 0.533. The van der Waals surface area contributed by atoms with Crippen molar-refractivity contribution in [3.63, 3.8) is 0 Å². The second kappa shape index (κ2) is 8.52. The van der Waals surface area contributed by atoms with Gasteiger partial charge in [0.1, 0.15) is 11.8 Å². The van der Waals surface area contributed by atoms with E-state index in [2.05, 4.69) is 19.2 Å². The maximum Gasteiger partial charge on any atom is 0.174 e. The van der Waals surface area contributed by atoms with E-state index >= 15 is 0 Å². The van der Waals surface area contributed by atoms with Gasteiger partial charge in [0.25, 0.3) is 0 Å². The van der Waals surface area contributed by atoms with E-state index in [1.54, 1.807) is 7.11 Å². The van der Waals surface area contributed by atoms with Crippen LogP contribution in [0.5, 0.6) is 5.75 Å². The fourth-order valence-electron chi connectivity index (χ4n) is 1.81. The average molecular weight is 262 g/mol. The van der Waals surface area contributed by atoms with Gasteiger partial charge in [-0.15, -0.1) is 0 Å². The Balaban J connectivity index is 2.63. The second-order valence-corrected chi connectivity index (χ2v) is 4.74. The highest BCUT2D eigenvalue weighted by Crippen LogP contribution is 2.18. The van der Waals surface area contributed by atoms with Gasteiger partial charge in [0, 0.05) is 25.3 Å². The maximum atomic E-state index is 8.57. The zero-order valence-electron chi connectivity index (χ0n) is 11.8. The zero-order valence-corrected chi connectivity index (χ0v) is 11.8. The van der Waals surface area contributed by atoms with E-state index in [4.69, 9.17) is 14.7 Å². The molecule has 0 saturated carbocycles. The monoisotopic (exact) mass is 262 g/mol. The molecule has 0 radical (unpaired) electrons. The number of nitrogens with one attached hydrogen (secondary N) is 1. The third kappa shape index (κ3) is 5.29. The number of benzene rings is 1. The Bertz CT molecular complexity index is 413. The summed E-state index contributed by atoms with van der Waals surface area (Å²) < 4.78 is 10.6. The third-order valence-corrected chi connectivity index (χ3v) is 2.97. The number of rotatable bonds is 8. The maximum absolute atomic E-state index is 8.57. The molecule has 0 bridgehead atoms. The molecule has 0 spiro atoms. The first-order chi connectivity index (χ1) is 9.19. The largest absolute Gasteiger partial charge is 0.478 e. The van der Waals surface area contributed by atoms with Crippen molar-refractivity contribution in [1.29, 1.82) is 5.26 Å². The molecule has 0 fully saturated rings. The molecule has 4 nitrogen and oxygen atoms in total. The van der Waals surface area contributed by atoms with Gasteiger partial charge in [-0.1, -0.05) is 32.0 Å². The zero-order chi connectivity index (χ0) is 14.1. The minimum Gasteiger partial charge on any atom is -0.478 e. The van der Waals surface area contributed by atoms with Crippen molar-refractivity contribution in [3.8, 4) is 11.8 Å². The van der Waals surface area contributed by atoms with Crippen molar-refractivity contribution in [2.24, 2.45) is 5.92 Å². The first-order valence-electron chi connectivity index (χ1n) is 6.49. The number of nitrogens with zero attached hydrogens (tertiary/aromatic N) is 1. The highest BCUT2D eigenvalue weighted by molar-refractivity contribution is 5.33. The molecule has 19 heavy (non-hydrogen) atoms. The van der Waals surface area contributed by atoms with Crippen molar-refractivity contribution in [3.05, 3.63) is 29.8 Å². The van der Waals surface area contributed by atoms with E-state index in [1.165, 1.54) is 0 Å². The molecule has 1 N–H and O–H groups in total. The number of nitriles is 1. The van der Waals surface area contributed by atoms with Crippen molar-refractivity contribution in [1.82, 2.24) is 5.32 Å². The van der Waals surface area contributed by atoms with Crippen molar-refractivity contribution < 1.29 is 9.47 Å². The first kappa shape index (κ1) is 15.5. The number of hydrogen-bond donors (Lipinski definition) is 1. The highest BCUT2D eigenvalue weighted by atomic mass is 16.5. The number of methoxy groups -OCH3 is 1. The molecule has 104 valence electrons. The molecular formula is C15H22N2O2. The molecule has 0 aliphatic rings. The van der Waals surface area contributed by atoms with Crippen LogP contribution in [0.1, 0.15) is 19.4 Å². The summed E-state index contributed by atoms with van der Waals surface area (Å²) in [5.41, 5.74) is 1.06. The quantitative estimate of drug-likeness (QED) is 0.781. The molecule has 1 unspecified atom stereocenters. The van der Waals surface area contributed by atoms with Crippen molar-refractivity contribution in [2.75, 3.05) is 20.3 Å². The van der Waals surface area contributed by atoms with E-state index in [-0.39, 0.29) is 6.61 Å². The van der Waals surface area contributed by atoms with Gasteiger partial charge >= 0.3 is 0 Å². The van der Waals surface area contributed by atoms with Crippen LogP contribution in [0.3, 0.4) is 0 Å². The van der Waals surface area contributed by atoms with Gasteiger partial charge in [-0.05, 0) is 12.0 Å². The summed E-state index contributed by atoms with van der Waals surface area (Å²) in [4.78, 5) is 0. The fourth-order valence-corrected chi connectivity index (χ4v) is 1.81. The van der Waals surface area contributed by atoms with E-state index in [0.717, 1.165) is 11.3 Å². The summed E-state index contributed by atoms with van der Waals surface area (Å²) >= 11 is 0. The van der Waals surface area contributed by atoms with Crippen LogP contribution in [0.4, 0.5) is 0 Å². The Labute approximate surface area is 115 Å².